The molecule has 2 unspecified atom stereocenters. The maximum atomic E-state index is 13.3. The SMILES string of the molecule is CCOCCCC=C(c1ccccc1)C1CCCN(C(=O)NC(CNC)CC2CCCCC2)C1. The van der Waals surface area contributed by atoms with E-state index in [0.29, 0.717) is 5.92 Å². The fourth-order valence-electron chi connectivity index (χ4n) is 5.68. The number of carbonyl (C=O) groups is 1. The van der Waals surface area contributed by atoms with Crippen LogP contribution in [0.5, 0.6) is 0 Å². The molecule has 34 heavy (non-hydrogen) atoms. The van der Waals surface area contributed by atoms with Crippen LogP contribution in [-0.4, -0.2) is 56.9 Å². The lowest BCUT2D eigenvalue weighted by atomic mass is 9.84. The van der Waals surface area contributed by atoms with E-state index < -0.39 is 0 Å². The van der Waals surface area contributed by atoms with Gasteiger partial charge in [-0.2, -0.15) is 0 Å². The van der Waals surface area contributed by atoms with Crippen molar-refractivity contribution >= 4 is 11.6 Å². The van der Waals surface area contributed by atoms with Crippen LogP contribution in [0.1, 0.15) is 76.7 Å². The Morgan fingerprint density at radius 2 is 1.94 bits per heavy atom. The molecule has 1 saturated heterocycles. The van der Waals surface area contributed by atoms with Crippen molar-refractivity contribution in [3.8, 4) is 0 Å². The van der Waals surface area contributed by atoms with Gasteiger partial charge in [0.2, 0.25) is 0 Å². The summed E-state index contributed by atoms with van der Waals surface area (Å²) in [6.45, 7) is 6.12. The number of carbonyl (C=O) groups excluding carboxylic acids is 1. The van der Waals surface area contributed by atoms with Crippen LogP contribution in [0.2, 0.25) is 0 Å². The number of urea groups is 1. The van der Waals surface area contributed by atoms with Crippen LogP contribution in [0, 0.1) is 11.8 Å². The summed E-state index contributed by atoms with van der Waals surface area (Å²) in [5.74, 6) is 1.14. The van der Waals surface area contributed by atoms with Crippen LogP contribution in [0.4, 0.5) is 4.79 Å². The first-order valence-corrected chi connectivity index (χ1v) is 13.7. The number of nitrogens with zero attached hydrogens (tertiary/aromatic N) is 1. The van der Waals surface area contributed by atoms with Crippen LogP contribution in [0.3, 0.4) is 0 Å². The van der Waals surface area contributed by atoms with Gasteiger partial charge in [-0.15, -0.1) is 0 Å². The average molecular weight is 470 g/mol. The highest BCUT2D eigenvalue weighted by molar-refractivity contribution is 5.76. The summed E-state index contributed by atoms with van der Waals surface area (Å²) in [6, 6.07) is 11.0. The second-order valence-electron chi connectivity index (χ2n) is 10.1. The third kappa shape index (κ3) is 8.74. The number of likely N-dealkylation sites (tertiary alicyclic amines) is 1. The van der Waals surface area contributed by atoms with Crippen molar-refractivity contribution in [1.29, 1.82) is 0 Å². The average Bonchev–Trinajstić information content (AvgIpc) is 2.87. The van der Waals surface area contributed by atoms with Gasteiger partial charge in [-0.1, -0.05) is 68.5 Å². The first-order valence-electron chi connectivity index (χ1n) is 13.7. The third-order valence-electron chi connectivity index (χ3n) is 7.44. The fraction of sp³-hybridized carbons (Fsp3) is 0.690. The number of hydrogen-bond acceptors (Lipinski definition) is 3. The largest absolute Gasteiger partial charge is 0.382 e. The summed E-state index contributed by atoms with van der Waals surface area (Å²) >= 11 is 0. The molecule has 1 heterocycles. The van der Waals surface area contributed by atoms with Gasteiger partial charge in [-0.25, -0.2) is 4.79 Å². The minimum Gasteiger partial charge on any atom is -0.382 e. The third-order valence-corrected chi connectivity index (χ3v) is 7.44. The van der Waals surface area contributed by atoms with Crippen molar-refractivity contribution in [3.63, 3.8) is 0 Å². The summed E-state index contributed by atoms with van der Waals surface area (Å²) < 4.78 is 5.53. The van der Waals surface area contributed by atoms with Crippen molar-refractivity contribution in [2.45, 2.75) is 77.2 Å². The number of nitrogens with one attached hydrogen (secondary N) is 2. The van der Waals surface area contributed by atoms with Gasteiger partial charge in [0.25, 0.3) is 0 Å². The number of allylic oxidation sites excluding steroid dienone is 1. The standard InChI is InChI=1S/C29H47N3O2/c1-3-34-20-11-10-18-28(25-15-8-5-9-16-25)26-17-12-19-32(23-26)29(33)31-27(22-30-2)21-24-13-6-4-7-14-24/h5,8-9,15-16,18,24,26-27,30H,3-4,6-7,10-14,17,19-23H2,1-2H3,(H,31,33). The van der Waals surface area contributed by atoms with Gasteiger partial charge in [-0.05, 0) is 63.1 Å². The fourth-order valence-corrected chi connectivity index (χ4v) is 5.68. The normalized spacial score (nSPS) is 20.8. The number of piperidine rings is 1. The summed E-state index contributed by atoms with van der Waals surface area (Å²) in [6.07, 6.45) is 14.4. The van der Waals surface area contributed by atoms with E-state index >= 15 is 0 Å². The molecule has 1 aliphatic heterocycles. The Labute approximate surface area is 207 Å². The Balaban J connectivity index is 1.62. The van der Waals surface area contributed by atoms with Gasteiger partial charge in [0.15, 0.2) is 0 Å². The van der Waals surface area contributed by atoms with Crippen molar-refractivity contribution in [3.05, 3.63) is 42.0 Å². The van der Waals surface area contributed by atoms with Gasteiger partial charge >= 0.3 is 6.03 Å². The van der Waals surface area contributed by atoms with Gasteiger partial charge in [-0.3, -0.25) is 0 Å². The summed E-state index contributed by atoms with van der Waals surface area (Å²) in [7, 11) is 1.99. The van der Waals surface area contributed by atoms with Gasteiger partial charge in [0, 0.05) is 44.8 Å². The molecule has 2 atom stereocenters. The summed E-state index contributed by atoms with van der Waals surface area (Å²) in [5.41, 5.74) is 2.68. The van der Waals surface area contributed by atoms with Crippen molar-refractivity contribution in [2.24, 2.45) is 11.8 Å². The molecule has 5 heteroatoms. The van der Waals surface area contributed by atoms with E-state index in [9.17, 15) is 4.79 Å². The molecule has 1 aromatic rings. The first-order chi connectivity index (χ1) is 16.7. The predicted octanol–water partition coefficient (Wildman–Crippen LogP) is 5.87. The van der Waals surface area contributed by atoms with Crippen molar-refractivity contribution < 1.29 is 9.53 Å². The minimum absolute atomic E-state index is 0.115. The molecule has 0 aromatic heterocycles. The molecular formula is C29H47N3O2. The molecular weight excluding hydrogens is 422 g/mol. The molecule has 2 N–H and O–H groups in total. The van der Waals surface area contributed by atoms with E-state index in [1.165, 1.54) is 43.2 Å². The van der Waals surface area contributed by atoms with E-state index in [2.05, 4.69) is 51.9 Å². The molecule has 2 amide bonds. The van der Waals surface area contributed by atoms with Gasteiger partial charge in [0.05, 0.1) is 0 Å². The quantitative estimate of drug-likeness (QED) is 0.377. The Hall–Kier alpha value is -1.85. The zero-order chi connectivity index (χ0) is 24.0. The molecule has 0 bridgehead atoms. The highest BCUT2D eigenvalue weighted by Crippen LogP contribution is 2.32. The van der Waals surface area contributed by atoms with E-state index in [1.54, 1.807) is 0 Å². The number of ether oxygens (including phenoxy) is 1. The van der Waals surface area contributed by atoms with Crippen LogP contribution in [-0.2, 0) is 4.74 Å². The van der Waals surface area contributed by atoms with Crippen LogP contribution < -0.4 is 10.6 Å². The Morgan fingerprint density at radius 3 is 2.68 bits per heavy atom. The molecule has 2 aliphatic rings. The second kappa shape index (κ2) is 15.2. The number of amides is 2. The lowest BCUT2D eigenvalue weighted by Gasteiger charge is -2.36. The molecule has 1 aliphatic carbocycles. The van der Waals surface area contributed by atoms with Crippen LogP contribution in [0.15, 0.2) is 36.4 Å². The van der Waals surface area contributed by atoms with Gasteiger partial charge in [0.1, 0.15) is 0 Å². The number of likely N-dealkylation sites (N-methyl/N-ethyl adjacent to an activating group) is 1. The van der Waals surface area contributed by atoms with Crippen molar-refractivity contribution in [2.75, 3.05) is 39.9 Å². The molecule has 0 radical (unpaired) electrons. The Bertz CT molecular complexity index is 730. The number of rotatable bonds is 12. The summed E-state index contributed by atoms with van der Waals surface area (Å²) in [4.78, 5) is 15.4. The number of benzene rings is 1. The topological polar surface area (TPSA) is 53.6 Å². The maximum absolute atomic E-state index is 13.3. The molecule has 1 aromatic carbocycles. The molecule has 190 valence electrons. The molecule has 5 nitrogen and oxygen atoms in total. The second-order valence-corrected chi connectivity index (χ2v) is 10.1. The zero-order valence-corrected chi connectivity index (χ0v) is 21.6. The maximum Gasteiger partial charge on any atom is 0.317 e. The smallest absolute Gasteiger partial charge is 0.317 e. The first kappa shape index (κ1) is 26.7. The summed E-state index contributed by atoms with van der Waals surface area (Å²) in [5, 5.41) is 6.69. The number of unbranched alkanes of at least 4 members (excludes halogenated alkanes) is 1. The van der Waals surface area contributed by atoms with E-state index in [-0.39, 0.29) is 12.1 Å². The van der Waals surface area contributed by atoms with Crippen LogP contribution >= 0.6 is 0 Å². The highest BCUT2D eigenvalue weighted by atomic mass is 16.5. The van der Waals surface area contributed by atoms with E-state index in [1.807, 2.05) is 14.0 Å². The highest BCUT2D eigenvalue weighted by Gasteiger charge is 2.28. The minimum atomic E-state index is 0.115. The molecule has 1 saturated carbocycles. The zero-order valence-electron chi connectivity index (χ0n) is 21.6. The van der Waals surface area contributed by atoms with E-state index in [0.717, 1.165) is 70.9 Å². The molecule has 3 rings (SSSR count). The lowest BCUT2D eigenvalue weighted by molar-refractivity contribution is 0.145. The Kier molecular flexibility index (Phi) is 12.0. The van der Waals surface area contributed by atoms with Crippen LogP contribution in [0.25, 0.3) is 5.57 Å². The molecule has 0 spiro atoms. The van der Waals surface area contributed by atoms with Gasteiger partial charge < -0.3 is 20.3 Å². The monoisotopic (exact) mass is 469 g/mol. The molecule has 2 fully saturated rings. The number of hydrogen-bond donors (Lipinski definition) is 2. The predicted molar refractivity (Wildman–Crippen MR) is 142 cm³/mol. The van der Waals surface area contributed by atoms with Crippen molar-refractivity contribution in [1.82, 2.24) is 15.5 Å². The lowest BCUT2D eigenvalue weighted by Crippen LogP contribution is -2.51. The van der Waals surface area contributed by atoms with E-state index in [4.69, 9.17) is 4.74 Å². The Morgan fingerprint density at radius 1 is 1.15 bits per heavy atom.